The largest absolute Gasteiger partial charge is 0.668 e. The van der Waals surface area contributed by atoms with Gasteiger partial charge >= 0.3 is 141 Å². The summed E-state index contributed by atoms with van der Waals surface area (Å²) in [4.78, 5) is 0. The van der Waals surface area contributed by atoms with E-state index in [9.17, 15) is 0 Å². The van der Waals surface area contributed by atoms with Crippen LogP contribution in [-0.2, 0) is 24.7 Å². The zero-order chi connectivity index (χ0) is 19.8. The first-order valence-electron chi connectivity index (χ1n) is 9.05. The summed E-state index contributed by atoms with van der Waals surface area (Å²) in [5, 5.41) is 9.68. The quantitative estimate of drug-likeness (QED) is 0.418. The Morgan fingerprint density at radius 2 is 1.22 bits per heavy atom. The molecule has 0 aromatic heterocycles. The van der Waals surface area contributed by atoms with Gasteiger partial charge in [0.05, 0.1) is 0 Å². The summed E-state index contributed by atoms with van der Waals surface area (Å²) in [6.45, 7) is 2.30. The number of hydrogen-bond donors (Lipinski definition) is 0. The van der Waals surface area contributed by atoms with E-state index in [1.807, 2.05) is 0 Å². The van der Waals surface area contributed by atoms with Crippen molar-refractivity contribution in [3.8, 4) is 0 Å². The van der Waals surface area contributed by atoms with Crippen molar-refractivity contribution >= 4 is 16.3 Å². The minimum atomic E-state index is 0.599. The maximum absolute atomic E-state index is 3.50. The predicted octanol–water partition coefficient (Wildman–Crippen LogP) is 6.50. The molecule has 0 spiro atoms. The first-order chi connectivity index (χ1) is 13.1. The molecule has 0 bridgehead atoms. The SMILES string of the molecule is CC1=C(c2cccc3ccccc23)c2ccccc2[CH]1[Zr+2].C[N-]C.C[N-]C. The van der Waals surface area contributed by atoms with Crippen LogP contribution in [0.3, 0.4) is 0 Å². The van der Waals surface area contributed by atoms with Crippen LogP contribution in [0, 0.1) is 0 Å². The van der Waals surface area contributed by atoms with Crippen molar-refractivity contribution in [1.82, 2.24) is 0 Å². The molecule has 3 aromatic rings. The number of rotatable bonds is 1. The van der Waals surface area contributed by atoms with Crippen LogP contribution in [0.2, 0.25) is 0 Å². The van der Waals surface area contributed by atoms with Crippen molar-refractivity contribution in [2.75, 3.05) is 28.2 Å². The Bertz CT molecular complexity index is 908. The molecule has 1 unspecified atom stereocenters. The Hall–Kier alpha value is -1.54. The van der Waals surface area contributed by atoms with Gasteiger partial charge in [-0.15, -0.1) is 0 Å². The van der Waals surface area contributed by atoms with Crippen LogP contribution < -0.4 is 0 Å². The zero-order valence-electron chi connectivity index (χ0n) is 16.8. The molecule has 3 aromatic carbocycles. The van der Waals surface area contributed by atoms with Gasteiger partial charge in [-0.05, 0) is 0 Å². The van der Waals surface area contributed by atoms with Gasteiger partial charge in [0.25, 0.3) is 0 Å². The number of nitrogens with zero attached hydrogens (tertiary/aromatic N) is 2. The third kappa shape index (κ3) is 4.85. The molecule has 0 N–H and O–H groups in total. The third-order valence-corrected chi connectivity index (χ3v) is 6.26. The third-order valence-electron chi connectivity index (χ3n) is 4.43. The van der Waals surface area contributed by atoms with Gasteiger partial charge < -0.3 is 10.6 Å². The second kappa shape index (κ2) is 10.7. The fourth-order valence-electron chi connectivity index (χ4n) is 3.37. The van der Waals surface area contributed by atoms with Crippen LogP contribution in [0.25, 0.3) is 27.0 Å². The molecule has 0 heterocycles. The van der Waals surface area contributed by atoms with Crippen molar-refractivity contribution in [1.29, 1.82) is 0 Å². The van der Waals surface area contributed by atoms with Crippen LogP contribution in [-0.4, -0.2) is 28.2 Å². The smallest absolute Gasteiger partial charge is 0.162 e. The molecule has 0 saturated heterocycles. The second-order valence-electron chi connectivity index (χ2n) is 6.50. The fourth-order valence-corrected chi connectivity index (χ4v) is 4.34. The Morgan fingerprint density at radius 1 is 0.704 bits per heavy atom. The number of fused-ring (bicyclic) bond motifs is 2. The normalized spacial score (nSPS) is 14.9. The van der Waals surface area contributed by atoms with E-state index in [1.165, 1.54) is 38.6 Å². The molecule has 137 valence electrons. The van der Waals surface area contributed by atoms with Gasteiger partial charge in [-0.1, -0.05) is 0 Å². The molecule has 4 rings (SSSR count). The molecule has 0 aliphatic heterocycles. The molecule has 27 heavy (non-hydrogen) atoms. The molecule has 2 nitrogen and oxygen atoms in total. The van der Waals surface area contributed by atoms with Crippen molar-refractivity contribution in [3.63, 3.8) is 0 Å². The number of benzene rings is 3. The van der Waals surface area contributed by atoms with Crippen LogP contribution in [0.1, 0.15) is 27.2 Å². The standard InChI is InChI=1S/C20H15.2C2H6N.Zr/c1-14-13-16-8-3-5-11-18(16)20(14)19-12-6-9-15-7-2-4-10-17(15)19;2*1-3-2;/h2-13H,1H3;2*1-2H3;/q;2*-1;+2. The van der Waals surface area contributed by atoms with Gasteiger partial charge in [-0.2, -0.15) is 28.2 Å². The summed E-state index contributed by atoms with van der Waals surface area (Å²) in [5.41, 5.74) is 7.27. The van der Waals surface area contributed by atoms with Crippen molar-refractivity contribution < 1.29 is 24.7 Å². The zero-order valence-corrected chi connectivity index (χ0v) is 19.3. The van der Waals surface area contributed by atoms with Crippen LogP contribution in [0.15, 0.2) is 72.3 Å². The van der Waals surface area contributed by atoms with E-state index in [0.717, 1.165) is 0 Å². The molecule has 3 heteroatoms. The van der Waals surface area contributed by atoms with Gasteiger partial charge in [0.1, 0.15) is 0 Å². The molecule has 0 saturated carbocycles. The Morgan fingerprint density at radius 3 is 1.93 bits per heavy atom. The second-order valence-corrected chi connectivity index (χ2v) is 7.92. The maximum atomic E-state index is 3.50. The predicted molar refractivity (Wildman–Crippen MR) is 115 cm³/mol. The summed E-state index contributed by atoms with van der Waals surface area (Å²) >= 11 is 1.58. The van der Waals surface area contributed by atoms with E-state index >= 15 is 0 Å². The average Bonchev–Trinajstić information content (AvgIpc) is 2.94. The summed E-state index contributed by atoms with van der Waals surface area (Å²) < 4.78 is 0.599. The van der Waals surface area contributed by atoms with Gasteiger partial charge in [-0.25, -0.2) is 0 Å². The summed E-state index contributed by atoms with van der Waals surface area (Å²) in [5.74, 6) is 0. The van der Waals surface area contributed by atoms with Crippen molar-refractivity contribution in [2.45, 2.75) is 10.5 Å². The number of allylic oxidation sites excluding steroid dienone is 1. The Balaban J connectivity index is 0.000000389. The monoisotopic (exact) mass is 433 g/mol. The molecule has 1 aliphatic rings. The van der Waals surface area contributed by atoms with E-state index in [-0.39, 0.29) is 0 Å². The van der Waals surface area contributed by atoms with Crippen LogP contribution >= 0.6 is 0 Å². The summed E-state index contributed by atoms with van der Waals surface area (Å²) in [7, 11) is 7.00. The van der Waals surface area contributed by atoms with E-state index in [1.54, 1.807) is 52.9 Å². The van der Waals surface area contributed by atoms with Gasteiger partial charge in [0.15, 0.2) is 0 Å². The summed E-state index contributed by atoms with van der Waals surface area (Å²) in [6, 6.07) is 24.2. The molecule has 0 amide bonds. The molecular weight excluding hydrogens is 408 g/mol. The molecular formula is C24H27N2Zr. The van der Waals surface area contributed by atoms with Gasteiger partial charge in [0.2, 0.25) is 0 Å². The van der Waals surface area contributed by atoms with E-state index < -0.39 is 0 Å². The Labute approximate surface area is 178 Å². The van der Waals surface area contributed by atoms with Gasteiger partial charge in [-0.3, -0.25) is 0 Å². The fraction of sp³-hybridized carbons (Fsp3) is 0.250. The van der Waals surface area contributed by atoms with Crippen molar-refractivity contribution in [2.24, 2.45) is 0 Å². The molecule has 1 atom stereocenters. The summed E-state index contributed by atoms with van der Waals surface area (Å²) in [6.07, 6.45) is 0. The topological polar surface area (TPSA) is 28.2 Å². The molecule has 1 aliphatic carbocycles. The van der Waals surface area contributed by atoms with E-state index in [4.69, 9.17) is 0 Å². The minimum Gasteiger partial charge on any atom is -0.668 e. The maximum Gasteiger partial charge on any atom is -0.162 e. The van der Waals surface area contributed by atoms with E-state index in [0.29, 0.717) is 3.63 Å². The minimum absolute atomic E-state index is 0.599. The molecule has 0 radical (unpaired) electrons. The van der Waals surface area contributed by atoms with Crippen molar-refractivity contribution in [3.05, 3.63) is 99.6 Å². The number of hydrogen-bond acceptors (Lipinski definition) is 0. The first kappa shape index (κ1) is 21.8. The van der Waals surface area contributed by atoms with Gasteiger partial charge in [0, 0.05) is 0 Å². The van der Waals surface area contributed by atoms with Crippen LogP contribution in [0.4, 0.5) is 0 Å². The van der Waals surface area contributed by atoms with E-state index in [2.05, 4.69) is 84.3 Å². The first-order valence-corrected chi connectivity index (χ1v) is 10.5. The van der Waals surface area contributed by atoms with Crippen LogP contribution in [0.5, 0.6) is 0 Å². The Kier molecular flexibility index (Phi) is 8.63. The average molecular weight is 435 g/mol. The molecule has 0 fully saturated rings.